The lowest BCUT2D eigenvalue weighted by atomic mass is 10.0. The monoisotopic (exact) mass is 525 g/mol. The molecule has 0 spiro atoms. The van der Waals surface area contributed by atoms with Gasteiger partial charge >= 0.3 is 5.97 Å². The Hall–Kier alpha value is -3.43. The first-order chi connectivity index (χ1) is 18.4. The van der Waals surface area contributed by atoms with Gasteiger partial charge in [-0.1, -0.05) is 19.1 Å². The van der Waals surface area contributed by atoms with Crippen LogP contribution in [0.2, 0.25) is 0 Å². The zero-order chi connectivity index (χ0) is 27.1. The van der Waals surface area contributed by atoms with Gasteiger partial charge in [0.25, 0.3) is 0 Å². The average molecular weight is 526 g/mol. The Bertz CT molecular complexity index is 1300. The van der Waals surface area contributed by atoms with Crippen LogP contribution in [0, 0.1) is 5.82 Å². The molecule has 8 nitrogen and oxygen atoms in total. The number of halogens is 1. The van der Waals surface area contributed by atoms with Crippen molar-refractivity contribution in [1.82, 2.24) is 14.4 Å². The number of rotatable bonds is 11. The maximum Gasteiger partial charge on any atom is 0.307 e. The summed E-state index contributed by atoms with van der Waals surface area (Å²) in [6.07, 6.45) is 2.50. The van der Waals surface area contributed by atoms with Crippen LogP contribution in [0.3, 0.4) is 0 Å². The highest BCUT2D eigenvalue weighted by atomic mass is 19.1. The second-order valence-corrected chi connectivity index (χ2v) is 9.53. The minimum absolute atomic E-state index is 0.0599. The molecule has 1 aliphatic rings. The van der Waals surface area contributed by atoms with Crippen molar-refractivity contribution in [2.45, 2.75) is 26.3 Å². The lowest BCUT2D eigenvalue weighted by molar-refractivity contribution is -0.144. The van der Waals surface area contributed by atoms with Gasteiger partial charge in [-0.05, 0) is 43.3 Å². The molecule has 0 amide bonds. The van der Waals surface area contributed by atoms with Crippen molar-refractivity contribution in [2.24, 2.45) is 0 Å². The first kappa shape index (κ1) is 27.6. The Balaban J connectivity index is 1.59. The number of hydrogen-bond acceptors (Lipinski definition) is 7. The molecule has 1 saturated heterocycles. The van der Waals surface area contributed by atoms with Crippen LogP contribution in [0.15, 0.2) is 47.4 Å². The number of benzene rings is 2. The summed E-state index contributed by atoms with van der Waals surface area (Å²) in [5.41, 5.74) is 0.858. The first-order valence-electron chi connectivity index (χ1n) is 13.1. The fourth-order valence-electron chi connectivity index (χ4n) is 4.59. The number of carbonyl (C=O) groups is 1. The highest BCUT2D eigenvalue weighted by molar-refractivity contribution is 5.89. The van der Waals surface area contributed by atoms with Crippen molar-refractivity contribution < 1.29 is 23.4 Å². The number of aromatic nitrogens is 1. The number of piperazine rings is 1. The van der Waals surface area contributed by atoms with E-state index in [0.29, 0.717) is 47.9 Å². The number of fused-ring (bicyclic) bond motifs is 1. The average Bonchev–Trinajstić information content (AvgIpc) is 2.93. The molecule has 4 rings (SSSR count). The summed E-state index contributed by atoms with van der Waals surface area (Å²) in [5.74, 6) is 0.0813. The van der Waals surface area contributed by atoms with E-state index in [-0.39, 0.29) is 24.3 Å². The third kappa shape index (κ3) is 6.52. The molecule has 3 aromatic rings. The Morgan fingerprint density at radius 1 is 1.00 bits per heavy atom. The molecule has 0 unspecified atom stereocenters. The Kier molecular flexibility index (Phi) is 9.36. The number of carbonyl (C=O) groups excluding carboxylic acids is 1. The van der Waals surface area contributed by atoms with Crippen molar-refractivity contribution in [3.63, 3.8) is 0 Å². The van der Waals surface area contributed by atoms with Gasteiger partial charge in [0, 0.05) is 51.0 Å². The van der Waals surface area contributed by atoms with E-state index >= 15 is 4.39 Å². The van der Waals surface area contributed by atoms with E-state index in [9.17, 15) is 9.59 Å². The summed E-state index contributed by atoms with van der Waals surface area (Å²) < 4.78 is 33.4. The number of methoxy groups -OCH3 is 1. The van der Waals surface area contributed by atoms with Gasteiger partial charge in [0.15, 0.2) is 5.43 Å². The van der Waals surface area contributed by atoms with Gasteiger partial charge in [-0.2, -0.15) is 0 Å². The zero-order valence-electron chi connectivity index (χ0n) is 22.4. The third-order valence-corrected chi connectivity index (χ3v) is 6.82. The molecule has 0 N–H and O–H groups in total. The lowest BCUT2D eigenvalue weighted by Gasteiger charge is -2.32. The molecule has 0 aliphatic carbocycles. The van der Waals surface area contributed by atoms with E-state index in [4.69, 9.17) is 14.2 Å². The third-order valence-electron chi connectivity index (χ3n) is 6.82. The quantitative estimate of drug-likeness (QED) is 0.353. The van der Waals surface area contributed by atoms with Gasteiger partial charge in [-0.3, -0.25) is 14.5 Å². The van der Waals surface area contributed by atoms with Gasteiger partial charge in [0.2, 0.25) is 0 Å². The van der Waals surface area contributed by atoms with E-state index < -0.39 is 11.2 Å². The van der Waals surface area contributed by atoms with Gasteiger partial charge in [0.05, 0.1) is 31.0 Å². The van der Waals surface area contributed by atoms with E-state index in [1.54, 1.807) is 42.1 Å². The number of nitrogens with zero attached hydrogens (tertiary/aromatic N) is 3. The van der Waals surface area contributed by atoms with Crippen LogP contribution in [0.25, 0.3) is 22.0 Å². The van der Waals surface area contributed by atoms with Crippen LogP contribution >= 0.6 is 0 Å². The number of hydrogen-bond donors (Lipinski definition) is 0. The largest absolute Gasteiger partial charge is 0.497 e. The molecule has 0 saturated carbocycles. The van der Waals surface area contributed by atoms with Crippen LogP contribution in [0.1, 0.15) is 19.8 Å². The van der Waals surface area contributed by atoms with E-state index in [0.717, 1.165) is 32.6 Å². The Morgan fingerprint density at radius 2 is 1.74 bits per heavy atom. The fraction of sp³-hybridized carbons (Fsp3) is 0.448. The molecule has 2 aromatic carbocycles. The van der Waals surface area contributed by atoms with Crippen LogP contribution < -0.4 is 14.9 Å². The van der Waals surface area contributed by atoms with Crippen LogP contribution in [-0.2, 0) is 16.1 Å². The highest BCUT2D eigenvalue weighted by Crippen LogP contribution is 2.30. The standard InChI is InChI=1S/C29H36FN3O5/c1-4-18-37-25-10-9-24(30)27-28(25)33(20-23(29(27)35)21-5-7-22(36-3)8-6-21)12-11-26(34)38-19-17-32-15-13-31(2)14-16-32/h5-10,20H,4,11-19H2,1-3H3. The number of ether oxygens (including phenoxy) is 3. The normalized spacial score (nSPS) is 14.5. The molecule has 0 radical (unpaired) electrons. The predicted molar refractivity (Wildman–Crippen MR) is 145 cm³/mol. The van der Waals surface area contributed by atoms with Gasteiger partial charge < -0.3 is 23.7 Å². The van der Waals surface area contributed by atoms with Gasteiger partial charge in [-0.15, -0.1) is 0 Å². The van der Waals surface area contributed by atoms with Crippen molar-refractivity contribution >= 4 is 16.9 Å². The van der Waals surface area contributed by atoms with Gasteiger partial charge in [0.1, 0.15) is 23.9 Å². The zero-order valence-corrected chi connectivity index (χ0v) is 22.4. The molecule has 38 heavy (non-hydrogen) atoms. The number of esters is 1. The number of likely N-dealkylation sites (N-methyl/N-ethyl adjacent to an activating group) is 1. The fourth-order valence-corrected chi connectivity index (χ4v) is 4.59. The van der Waals surface area contributed by atoms with E-state index in [1.807, 2.05) is 6.92 Å². The van der Waals surface area contributed by atoms with Crippen molar-refractivity contribution in [3.8, 4) is 22.6 Å². The van der Waals surface area contributed by atoms with Crippen LogP contribution in [0.4, 0.5) is 4.39 Å². The maximum atomic E-state index is 15.1. The molecule has 1 aliphatic heterocycles. The van der Waals surface area contributed by atoms with Crippen molar-refractivity contribution in [3.05, 3.63) is 58.6 Å². The summed E-state index contributed by atoms with van der Waals surface area (Å²) in [5, 5.41) is -0.0599. The molecular weight excluding hydrogens is 489 g/mol. The second kappa shape index (κ2) is 12.9. The molecular formula is C29H36FN3O5. The van der Waals surface area contributed by atoms with E-state index in [1.165, 1.54) is 12.1 Å². The predicted octanol–water partition coefficient (Wildman–Crippen LogP) is 3.79. The van der Waals surface area contributed by atoms with E-state index in [2.05, 4.69) is 16.8 Å². The summed E-state index contributed by atoms with van der Waals surface area (Å²) >= 11 is 0. The molecule has 1 aromatic heterocycles. The maximum absolute atomic E-state index is 15.1. The summed E-state index contributed by atoms with van der Waals surface area (Å²) in [6, 6.07) is 9.80. The minimum Gasteiger partial charge on any atom is -0.497 e. The Morgan fingerprint density at radius 3 is 2.42 bits per heavy atom. The lowest BCUT2D eigenvalue weighted by Crippen LogP contribution is -2.45. The summed E-state index contributed by atoms with van der Waals surface area (Å²) in [6.45, 7) is 7.54. The van der Waals surface area contributed by atoms with Crippen molar-refractivity contribution in [2.75, 3.05) is 60.1 Å². The van der Waals surface area contributed by atoms with Gasteiger partial charge in [-0.25, -0.2) is 4.39 Å². The topological polar surface area (TPSA) is 73.2 Å². The Labute approximate surface area is 222 Å². The SMILES string of the molecule is CCCOc1ccc(F)c2c(=O)c(-c3ccc(OC)cc3)cn(CCC(=O)OCCN3CCN(C)CC3)c12. The minimum atomic E-state index is -0.632. The summed E-state index contributed by atoms with van der Waals surface area (Å²) in [4.78, 5) is 30.7. The van der Waals surface area contributed by atoms with Crippen LogP contribution in [0.5, 0.6) is 11.5 Å². The first-order valence-corrected chi connectivity index (χ1v) is 13.1. The number of pyridine rings is 1. The molecule has 204 valence electrons. The number of aryl methyl sites for hydroxylation is 1. The highest BCUT2D eigenvalue weighted by Gasteiger charge is 2.20. The molecule has 1 fully saturated rings. The molecule has 9 heteroatoms. The second-order valence-electron chi connectivity index (χ2n) is 9.53. The van der Waals surface area contributed by atoms with Crippen LogP contribution in [-0.4, -0.2) is 80.4 Å². The molecule has 2 heterocycles. The molecule has 0 atom stereocenters. The smallest absolute Gasteiger partial charge is 0.307 e. The van der Waals surface area contributed by atoms with Crippen molar-refractivity contribution in [1.29, 1.82) is 0 Å². The summed E-state index contributed by atoms with van der Waals surface area (Å²) in [7, 11) is 3.66. The molecule has 0 bridgehead atoms.